The maximum Gasteiger partial charge on any atom is 0.218 e. The summed E-state index contributed by atoms with van der Waals surface area (Å²) in [6.45, 7) is 0.478. The van der Waals surface area contributed by atoms with Crippen molar-refractivity contribution in [2.75, 3.05) is 6.61 Å². The summed E-state index contributed by atoms with van der Waals surface area (Å²) in [7, 11) is 0. The molecule has 3 aromatic rings. The van der Waals surface area contributed by atoms with Gasteiger partial charge in [0.15, 0.2) is 17.8 Å². The molecule has 30 heavy (non-hydrogen) atoms. The van der Waals surface area contributed by atoms with Crippen molar-refractivity contribution in [3.8, 4) is 40.2 Å². The normalized spacial score (nSPS) is 14.6. The summed E-state index contributed by atoms with van der Waals surface area (Å²) in [4.78, 5) is 10.9. The van der Waals surface area contributed by atoms with E-state index < -0.39 is 6.10 Å². The number of halogens is 1. The number of benzene rings is 3. The highest BCUT2D eigenvalue weighted by molar-refractivity contribution is 9.10. The highest BCUT2D eigenvalue weighted by Gasteiger charge is 2.20. The summed E-state index contributed by atoms with van der Waals surface area (Å²) in [5, 5.41) is 18.8. The second-order valence-corrected chi connectivity index (χ2v) is 7.51. The van der Waals surface area contributed by atoms with Crippen molar-refractivity contribution < 1.29 is 24.1 Å². The van der Waals surface area contributed by atoms with Crippen LogP contribution in [-0.4, -0.2) is 24.1 Å². The van der Waals surface area contributed by atoms with E-state index in [-0.39, 0.29) is 24.5 Å². The zero-order valence-electron chi connectivity index (χ0n) is 15.7. The lowest BCUT2D eigenvalue weighted by Crippen LogP contribution is -2.27. The SMILES string of the molecule is N#CC1COc2cc(-c3cccc(COc4cc(O)c(C=O)cc4Br)c3)ccc2O1. The lowest BCUT2D eigenvalue weighted by Gasteiger charge is -2.22. The van der Waals surface area contributed by atoms with E-state index in [2.05, 4.69) is 15.9 Å². The summed E-state index contributed by atoms with van der Waals surface area (Å²) in [6.07, 6.45) is -0.00980. The Balaban J connectivity index is 1.52. The molecule has 0 saturated carbocycles. The number of nitrogens with zero attached hydrogens (tertiary/aromatic N) is 1. The molecule has 4 rings (SSSR count). The number of rotatable bonds is 5. The molecule has 6 nitrogen and oxygen atoms in total. The van der Waals surface area contributed by atoms with Crippen LogP contribution in [-0.2, 0) is 6.61 Å². The van der Waals surface area contributed by atoms with Crippen molar-refractivity contribution in [1.29, 1.82) is 5.26 Å². The van der Waals surface area contributed by atoms with Gasteiger partial charge in [0.05, 0.1) is 10.0 Å². The van der Waals surface area contributed by atoms with Crippen LogP contribution < -0.4 is 14.2 Å². The van der Waals surface area contributed by atoms with Crippen LogP contribution in [0.1, 0.15) is 15.9 Å². The standard InChI is InChI=1S/C23H16BrNO5/c24-19-7-17(11-26)20(27)9-22(19)28-12-14-2-1-3-15(6-14)16-4-5-21-23(8-16)29-13-18(10-25)30-21/h1-9,11,18,27H,12-13H2. The molecule has 0 aliphatic carbocycles. The number of nitriles is 1. The van der Waals surface area contributed by atoms with E-state index >= 15 is 0 Å². The fourth-order valence-corrected chi connectivity index (χ4v) is 3.55. The fraction of sp³-hybridized carbons (Fsp3) is 0.130. The number of phenolic OH excluding ortho intramolecular Hbond substituents is 1. The number of hydrogen-bond donors (Lipinski definition) is 1. The number of phenols is 1. The highest BCUT2D eigenvalue weighted by atomic mass is 79.9. The van der Waals surface area contributed by atoms with E-state index in [9.17, 15) is 9.90 Å². The fourth-order valence-electron chi connectivity index (χ4n) is 3.08. The summed E-state index contributed by atoms with van der Waals surface area (Å²) >= 11 is 3.35. The van der Waals surface area contributed by atoms with Crippen molar-refractivity contribution in [2.24, 2.45) is 0 Å². The minimum Gasteiger partial charge on any atom is -0.507 e. The first kappa shape index (κ1) is 19.8. The molecule has 0 radical (unpaired) electrons. The third kappa shape index (κ3) is 4.09. The zero-order chi connectivity index (χ0) is 21.1. The van der Waals surface area contributed by atoms with E-state index in [0.29, 0.717) is 28.0 Å². The largest absolute Gasteiger partial charge is 0.507 e. The Morgan fingerprint density at radius 2 is 2.00 bits per heavy atom. The Kier molecular flexibility index (Phi) is 5.59. The number of carbonyl (C=O) groups is 1. The van der Waals surface area contributed by atoms with Crippen LogP contribution in [0.4, 0.5) is 0 Å². The molecule has 0 aromatic heterocycles. The first-order valence-electron chi connectivity index (χ1n) is 9.10. The maximum atomic E-state index is 10.9. The first-order chi connectivity index (χ1) is 14.6. The van der Waals surface area contributed by atoms with Gasteiger partial charge in [-0.1, -0.05) is 24.3 Å². The summed E-state index contributed by atoms with van der Waals surface area (Å²) < 4.78 is 17.6. The van der Waals surface area contributed by atoms with Crippen molar-refractivity contribution in [3.05, 3.63) is 70.2 Å². The number of aldehydes is 1. The molecule has 1 N–H and O–H groups in total. The Morgan fingerprint density at radius 3 is 2.80 bits per heavy atom. The second kappa shape index (κ2) is 8.47. The second-order valence-electron chi connectivity index (χ2n) is 6.66. The van der Waals surface area contributed by atoms with Crippen LogP contribution in [0.2, 0.25) is 0 Å². The monoisotopic (exact) mass is 465 g/mol. The molecule has 0 amide bonds. The van der Waals surface area contributed by atoms with Gasteiger partial charge in [-0.05, 0) is 56.9 Å². The number of fused-ring (bicyclic) bond motifs is 1. The van der Waals surface area contributed by atoms with E-state index in [0.717, 1.165) is 16.7 Å². The Bertz CT molecular complexity index is 1150. The third-order valence-electron chi connectivity index (χ3n) is 4.61. The van der Waals surface area contributed by atoms with Gasteiger partial charge in [-0.2, -0.15) is 5.26 Å². The van der Waals surface area contributed by atoms with Gasteiger partial charge in [-0.3, -0.25) is 4.79 Å². The summed E-state index contributed by atoms with van der Waals surface area (Å²) in [5.41, 5.74) is 3.04. The molecule has 3 aromatic carbocycles. The van der Waals surface area contributed by atoms with Crippen molar-refractivity contribution in [2.45, 2.75) is 12.7 Å². The van der Waals surface area contributed by atoms with Gasteiger partial charge in [-0.25, -0.2) is 0 Å². The molecule has 0 bridgehead atoms. The lowest BCUT2D eigenvalue weighted by molar-refractivity contribution is 0.112. The molecule has 0 fully saturated rings. The third-order valence-corrected chi connectivity index (χ3v) is 5.23. The molecule has 1 unspecified atom stereocenters. The Morgan fingerprint density at radius 1 is 1.17 bits per heavy atom. The summed E-state index contributed by atoms with van der Waals surface area (Å²) in [5.74, 6) is 1.47. The topological polar surface area (TPSA) is 88.8 Å². The smallest absolute Gasteiger partial charge is 0.218 e. The van der Waals surface area contributed by atoms with E-state index in [4.69, 9.17) is 19.5 Å². The molecule has 1 heterocycles. The van der Waals surface area contributed by atoms with Crippen LogP contribution in [0.25, 0.3) is 11.1 Å². The van der Waals surface area contributed by atoms with Crippen LogP contribution in [0, 0.1) is 11.3 Å². The van der Waals surface area contributed by atoms with Gasteiger partial charge in [0, 0.05) is 6.07 Å². The molecule has 150 valence electrons. The van der Waals surface area contributed by atoms with Crippen molar-refractivity contribution >= 4 is 22.2 Å². The minimum atomic E-state index is -0.594. The van der Waals surface area contributed by atoms with Crippen LogP contribution in [0.15, 0.2) is 59.1 Å². The van der Waals surface area contributed by atoms with Gasteiger partial charge in [0.25, 0.3) is 0 Å². The molecule has 7 heteroatoms. The summed E-state index contributed by atoms with van der Waals surface area (Å²) in [6, 6.07) is 18.4. The zero-order valence-corrected chi connectivity index (χ0v) is 17.3. The molecule has 1 aliphatic heterocycles. The first-order valence-corrected chi connectivity index (χ1v) is 9.89. The average Bonchev–Trinajstić information content (AvgIpc) is 2.78. The average molecular weight is 466 g/mol. The molecule has 0 spiro atoms. The minimum absolute atomic E-state index is 0.133. The molecule has 1 atom stereocenters. The number of aromatic hydroxyl groups is 1. The van der Waals surface area contributed by atoms with E-state index in [1.165, 1.54) is 12.1 Å². The number of ether oxygens (including phenoxy) is 3. The maximum absolute atomic E-state index is 10.9. The van der Waals surface area contributed by atoms with E-state index in [1.807, 2.05) is 42.5 Å². The van der Waals surface area contributed by atoms with Gasteiger partial charge in [0.1, 0.15) is 30.8 Å². The molecule has 0 saturated heterocycles. The van der Waals surface area contributed by atoms with Gasteiger partial charge in [-0.15, -0.1) is 0 Å². The quantitative estimate of drug-likeness (QED) is 0.540. The predicted octanol–water partition coefficient (Wildman–Crippen LogP) is 4.88. The van der Waals surface area contributed by atoms with Crippen molar-refractivity contribution in [3.63, 3.8) is 0 Å². The Labute approximate surface area is 181 Å². The molecule has 1 aliphatic rings. The lowest BCUT2D eigenvalue weighted by atomic mass is 10.0. The molecular weight excluding hydrogens is 450 g/mol. The van der Waals surface area contributed by atoms with Gasteiger partial charge in [0.2, 0.25) is 6.10 Å². The Hall–Kier alpha value is -3.50. The highest BCUT2D eigenvalue weighted by Crippen LogP contribution is 2.36. The number of carbonyl (C=O) groups excluding carboxylic acids is 1. The van der Waals surface area contributed by atoms with Crippen LogP contribution >= 0.6 is 15.9 Å². The van der Waals surface area contributed by atoms with Crippen LogP contribution in [0.3, 0.4) is 0 Å². The predicted molar refractivity (Wildman–Crippen MR) is 113 cm³/mol. The van der Waals surface area contributed by atoms with Crippen LogP contribution in [0.5, 0.6) is 23.0 Å². The number of hydrogen-bond acceptors (Lipinski definition) is 6. The van der Waals surface area contributed by atoms with Crippen molar-refractivity contribution in [1.82, 2.24) is 0 Å². The van der Waals surface area contributed by atoms with E-state index in [1.54, 1.807) is 6.07 Å². The van der Waals surface area contributed by atoms with Gasteiger partial charge < -0.3 is 19.3 Å². The van der Waals surface area contributed by atoms with Gasteiger partial charge >= 0.3 is 0 Å². The molecular formula is C23H16BrNO5.